The minimum atomic E-state index is -3.37. The van der Waals surface area contributed by atoms with Gasteiger partial charge in [-0.2, -0.15) is 5.10 Å². The smallest absolute Gasteiger partial charge is 0.351 e. The molecule has 4 rings (SSSR count). The molecule has 1 aromatic carbocycles. The van der Waals surface area contributed by atoms with Crippen molar-refractivity contribution in [2.24, 2.45) is 0 Å². The van der Waals surface area contributed by atoms with Crippen LogP contribution in [0.25, 0.3) is 10.4 Å². The summed E-state index contributed by atoms with van der Waals surface area (Å²) in [6.07, 6.45) is 4.72. The lowest BCUT2D eigenvalue weighted by atomic mass is 10.1. The number of hydrogen-bond donors (Lipinski definition) is 1. The fourth-order valence-corrected chi connectivity index (χ4v) is 7.89. The number of nitrogens with one attached hydrogen (secondary N) is 1. The van der Waals surface area contributed by atoms with E-state index in [2.05, 4.69) is 26.3 Å². The third-order valence-corrected chi connectivity index (χ3v) is 10.5. The van der Waals surface area contributed by atoms with Gasteiger partial charge in [0, 0.05) is 37.2 Å². The lowest BCUT2D eigenvalue weighted by Gasteiger charge is -2.32. The molecular weight excluding hydrogens is 648 g/mol. The van der Waals surface area contributed by atoms with E-state index in [-0.39, 0.29) is 29.0 Å². The van der Waals surface area contributed by atoms with Gasteiger partial charge in [0.25, 0.3) is 0 Å². The molecule has 0 unspecified atom stereocenters. The van der Waals surface area contributed by atoms with E-state index in [1.54, 1.807) is 48.2 Å². The number of rotatable bonds is 11. The predicted molar refractivity (Wildman–Crippen MR) is 164 cm³/mol. The summed E-state index contributed by atoms with van der Waals surface area (Å²) in [6.45, 7) is 6.13. The van der Waals surface area contributed by atoms with Crippen LogP contribution in [0.5, 0.6) is 5.75 Å². The van der Waals surface area contributed by atoms with E-state index < -0.39 is 27.6 Å². The first-order chi connectivity index (χ1) is 19.9. The minimum Gasteiger partial charge on any atom is -0.479 e. The molecule has 42 heavy (non-hydrogen) atoms. The number of esters is 2. The number of carbonyl (C=O) groups is 2. The number of aromatic nitrogens is 2. The van der Waals surface area contributed by atoms with Gasteiger partial charge in [-0.25, -0.2) is 22.3 Å². The zero-order valence-electron chi connectivity index (χ0n) is 24.0. The van der Waals surface area contributed by atoms with E-state index in [9.17, 15) is 18.0 Å². The molecule has 0 aliphatic carbocycles. The number of methoxy groups -OCH3 is 1. The van der Waals surface area contributed by atoms with E-state index in [0.717, 1.165) is 16.1 Å². The maximum Gasteiger partial charge on any atom is 0.351 e. The summed E-state index contributed by atoms with van der Waals surface area (Å²) in [5.74, 6) is -0.901. The van der Waals surface area contributed by atoms with Crippen LogP contribution in [0.2, 0.25) is 0 Å². The summed E-state index contributed by atoms with van der Waals surface area (Å²) in [7, 11) is -2.09. The van der Waals surface area contributed by atoms with E-state index >= 15 is 0 Å². The zero-order valence-corrected chi connectivity index (χ0v) is 27.2. The molecule has 14 heteroatoms. The molecule has 3 aromatic rings. The van der Waals surface area contributed by atoms with Gasteiger partial charge in [0.05, 0.1) is 28.8 Å². The van der Waals surface area contributed by atoms with Gasteiger partial charge in [-0.15, -0.1) is 11.3 Å². The number of anilines is 1. The highest BCUT2D eigenvalue weighted by molar-refractivity contribution is 9.10. The number of ether oxygens (including phenoxy) is 3. The second kappa shape index (κ2) is 13.6. The lowest BCUT2D eigenvalue weighted by molar-refractivity contribution is -0.157. The van der Waals surface area contributed by atoms with Crippen LogP contribution >= 0.6 is 27.3 Å². The van der Waals surface area contributed by atoms with Crippen molar-refractivity contribution in [1.82, 2.24) is 14.1 Å². The average Bonchev–Trinajstić information content (AvgIpc) is 3.58. The van der Waals surface area contributed by atoms with Crippen molar-refractivity contribution in [3.8, 4) is 16.2 Å². The van der Waals surface area contributed by atoms with Crippen LogP contribution in [0.15, 0.2) is 47.2 Å². The molecule has 1 aliphatic heterocycles. The Morgan fingerprint density at radius 3 is 2.57 bits per heavy atom. The highest BCUT2D eigenvalue weighted by Crippen LogP contribution is 2.46. The van der Waals surface area contributed by atoms with E-state index in [1.165, 1.54) is 18.4 Å². The number of hydrogen-bond acceptors (Lipinski definition) is 10. The Morgan fingerprint density at radius 2 is 1.93 bits per heavy atom. The molecular formula is C28H35BrN4O7S2. The summed E-state index contributed by atoms with van der Waals surface area (Å²) < 4.78 is 45.3. The molecule has 0 saturated carbocycles. The van der Waals surface area contributed by atoms with Crippen LogP contribution in [0, 0.1) is 0 Å². The molecule has 1 fully saturated rings. The highest BCUT2D eigenvalue weighted by Gasteiger charge is 2.29. The number of halogens is 1. The Hall–Kier alpha value is -2.94. The van der Waals surface area contributed by atoms with Gasteiger partial charge in [-0.1, -0.05) is 12.1 Å². The topological polar surface area (TPSA) is 129 Å². The number of nitrogens with zero attached hydrogens (tertiary/aromatic N) is 3. The van der Waals surface area contributed by atoms with Crippen molar-refractivity contribution in [2.45, 2.75) is 51.8 Å². The lowest BCUT2D eigenvalue weighted by Crippen LogP contribution is -2.43. The fraction of sp³-hybridized carbons (Fsp3) is 0.464. The molecule has 0 atom stereocenters. The third kappa shape index (κ3) is 8.33. The Balaban J connectivity index is 1.42. The summed E-state index contributed by atoms with van der Waals surface area (Å²) in [4.78, 5) is 25.7. The van der Waals surface area contributed by atoms with Crippen molar-refractivity contribution >= 4 is 54.9 Å². The Kier molecular flexibility index (Phi) is 10.3. The summed E-state index contributed by atoms with van der Waals surface area (Å²) in [6, 6.07) is 9.59. The number of thiophene rings is 1. The maximum absolute atomic E-state index is 12.8. The van der Waals surface area contributed by atoms with Crippen LogP contribution in [-0.2, 0) is 30.8 Å². The first kappa shape index (κ1) is 32.0. The average molecular weight is 684 g/mol. The minimum absolute atomic E-state index is 0.0154. The van der Waals surface area contributed by atoms with Gasteiger partial charge >= 0.3 is 11.9 Å². The van der Waals surface area contributed by atoms with Crippen molar-refractivity contribution in [3.63, 3.8) is 0 Å². The van der Waals surface area contributed by atoms with E-state index in [1.807, 2.05) is 24.3 Å². The predicted octanol–water partition coefficient (Wildman–Crippen LogP) is 4.79. The van der Waals surface area contributed by atoms with Crippen molar-refractivity contribution in [3.05, 3.63) is 52.1 Å². The zero-order chi connectivity index (χ0) is 30.5. The number of sulfonamides is 1. The highest BCUT2D eigenvalue weighted by atomic mass is 79.9. The number of benzene rings is 1. The van der Waals surface area contributed by atoms with Crippen LogP contribution in [0.3, 0.4) is 0 Å². The molecule has 2 aromatic heterocycles. The first-order valence-corrected chi connectivity index (χ1v) is 16.7. The van der Waals surface area contributed by atoms with Crippen molar-refractivity contribution in [2.75, 3.05) is 37.9 Å². The molecule has 3 heterocycles. The molecule has 0 spiro atoms. The molecule has 1 saturated heterocycles. The normalized spacial score (nSPS) is 14.9. The number of aryl methyl sites for hydroxylation is 1. The van der Waals surface area contributed by atoms with Gasteiger partial charge in [-0.3, -0.25) is 4.68 Å². The molecule has 1 N–H and O–H groups in total. The molecule has 11 nitrogen and oxygen atoms in total. The van der Waals surface area contributed by atoms with Crippen LogP contribution in [0.1, 0.15) is 43.3 Å². The molecule has 1 aliphatic rings. The first-order valence-electron chi connectivity index (χ1n) is 13.4. The van der Waals surface area contributed by atoms with Crippen LogP contribution < -0.4 is 10.1 Å². The summed E-state index contributed by atoms with van der Waals surface area (Å²) >= 11 is 4.75. The Labute approximate surface area is 258 Å². The van der Waals surface area contributed by atoms with Crippen molar-refractivity contribution in [1.29, 1.82) is 0 Å². The van der Waals surface area contributed by atoms with Crippen LogP contribution in [-0.4, -0.2) is 78.6 Å². The third-order valence-electron chi connectivity index (χ3n) is 6.41. The Morgan fingerprint density at radius 1 is 1.19 bits per heavy atom. The Bertz CT molecular complexity index is 1490. The van der Waals surface area contributed by atoms with Gasteiger partial charge in [0.1, 0.15) is 5.60 Å². The van der Waals surface area contributed by atoms with Gasteiger partial charge in [-0.05, 0) is 73.3 Å². The largest absolute Gasteiger partial charge is 0.479 e. The monoisotopic (exact) mass is 682 g/mol. The standard InChI is InChI=1S/C28H35BrN4O7S2/c1-28(2,3)40-22(34)18-39-24-23(29)25(41-26(24)27(35)38-4)19-7-5-8-21(17-19)31-20-9-13-33(14-10-20)42(36,37)16-15-32-12-6-11-30-32/h5-8,11-12,17,20,31H,9-10,13-16,18H2,1-4H3. The van der Waals surface area contributed by atoms with Crippen molar-refractivity contribution < 1.29 is 32.2 Å². The number of piperidine rings is 1. The number of carbonyl (C=O) groups excluding carboxylic acids is 2. The fourth-order valence-electron chi connectivity index (χ4n) is 4.47. The van der Waals surface area contributed by atoms with E-state index in [4.69, 9.17) is 14.2 Å². The molecule has 0 radical (unpaired) electrons. The second-order valence-electron chi connectivity index (χ2n) is 10.8. The maximum atomic E-state index is 12.8. The van der Waals surface area contributed by atoms with Gasteiger partial charge < -0.3 is 19.5 Å². The van der Waals surface area contributed by atoms with Gasteiger partial charge in [0.15, 0.2) is 17.2 Å². The second-order valence-corrected chi connectivity index (χ2v) is 14.7. The summed E-state index contributed by atoms with van der Waals surface area (Å²) in [5.41, 5.74) is 1.03. The molecule has 0 bridgehead atoms. The SMILES string of the molecule is COC(=O)c1sc(-c2cccc(NC3CCN(S(=O)(=O)CCn4cccn4)CC3)c2)c(Br)c1OCC(=O)OC(C)(C)C. The van der Waals surface area contributed by atoms with Crippen LogP contribution in [0.4, 0.5) is 5.69 Å². The van der Waals surface area contributed by atoms with Gasteiger partial charge in [0.2, 0.25) is 10.0 Å². The van der Waals surface area contributed by atoms with E-state index in [0.29, 0.717) is 36.9 Å². The quantitative estimate of drug-likeness (QED) is 0.284. The molecule has 228 valence electrons. The summed E-state index contributed by atoms with van der Waals surface area (Å²) in [5, 5.41) is 7.60. The molecule has 0 amide bonds.